The molecule has 0 saturated carbocycles. The summed E-state index contributed by atoms with van der Waals surface area (Å²) in [6, 6.07) is 16.2. The Bertz CT molecular complexity index is 1160. The minimum absolute atomic E-state index is 0.183. The zero-order valence-electron chi connectivity index (χ0n) is 19.6. The third-order valence-corrected chi connectivity index (χ3v) is 4.95. The van der Waals surface area contributed by atoms with Gasteiger partial charge in [0.25, 0.3) is 5.91 Å². The summed E-state index contributed by atoms with van der Waals surface area (Å²) < 4.78 is 12.7. The maximum Gasteiger partial charge on any atom is 0.338 e. The molecule has 0 atom stereocenters. The number of nitrogens with zero attached hydrogens (tertiary/aromatic N) is 2. The van der Waals surface area contributed by atoms with Crippen LogP contribution in [0, 0.1) is 13.8 Å². The van der Waals surface area contributed by atoms with Gasteiger partial charge in [-0.1, -0.05) is 6.07 Å². The van der Waals surface area contributed by atoms with Crippen LogP contribution in [0.3, 0.4) is 0 Å². The van der Waals surface area contributed by atoms with Crippen molar-refractivity contribution in [2.75, 3.05) is 6.61 Å². The molecule has 172 valence electrons. The fourth-order valence-corrected chi connectivity index (χ4v) is 3.46. The minimum atomic E-state index is -0.354. The number of hydrogen-bond donors (Lipinski definition) is 1. The lowest BCUT2D eigenvalue weighted by Gasteiger charge is -2.12. The smallest absolute Gasteiger partial charge is 0.338 e. The zero-order valence-corrected chi connectivity index (χ0v) is 19.6. The molecule has 0 unspecified atom stereocenters. The first-order valence-corrected chi connectivity index (χ1v) is 10.9. The van der Waals surface area contributed by atoms with Crippen molar-refractivity contribution in [2.45, 2.75) is 40.7 Å². The van der Waals surface area contributed by atoms with E-state index in [0.29, 0.717) is 23.5 Å². The molecule has 0 aliphatic carbocycles. The highest BCUT2D eigenvalue weighted by Crippen LogP contribution is 2.21. The summed E-state index contributed by atoms with van der Waals surface area (Å²) in [7, 11) is 0. The van der Waals surface area contributed by atoms with E-state index in [1.807, 2.05) is 57.4 Å². The number of hydrogen-bond acceptors (Lipinski definition) is 5. The number of esters is 1. The van der Waals surface area contributed by atoms with Crippen LogP contribution in [0.25, 0.3) is 5.69 Å². The van der Waals surface area contributed by atoms with Crippen LogP contribution < -0.4 is 10.2 Å². The van der Waals surface area contributed by atoms with Crippen LogP contribution in [0.5, 0.6) is 5.75 Å². The summed E-state index contributed by atoms with van der Waals surface area (Å²) in [5.41, 5.74) is 7.15. The highest BCUT2D eigenvalue weighted by atomic mass is 16.5. The Morgan fingerprint density at radius 2 is 1.79 bits per heavy atom. The average molecular weight is 448 g/mol. The summed E-state index contributed by atoms with van der Waals surface area (Å²) in [5.74, 6) is 0.0547. The van der Waals surface area contributed by atoms with Crippen molar-refractivity contribution in [1.82, 2.24) is 9.99 Å². The van der Waals surface area contributed by atoms with E-state index in [9.17, 15) is 9.59 Å². The van der Waals surface area contributed by atoms with Crippen LogP contribution in [0.1, 0.15) is 58.4 Å². The average Bonchev–Trinajstić information content (AvgIpc) is 3.07. The van der Waals surface area contributed by atoms with E-state index in [1.54, 1.807) is 42.6 Å². The third kappa shape index (κ3) is 5.88. The number of amides is 1. The summed E-state index contributed by atoms with van der Waals surface area (Å²) >= 11 is 0. The topological polar surface area (TPSA) is 81.9 Å². The quantitative estimate of drug-likeness (QED) is 0.305. The summed E-state index contributed by atoms with van der Waals surface area (Å²) in [6.07, 6.45) is 1.43. The van der Waals surface area contributed by atoms with Crippen LogP contribution in [0.4, 0.5) is 0 Å². The Labute approximate surface area is 194 Å². The van der Waals surface area contributed by atoms with Gasteiger partial charge >= 0.3 is 5.97 Å². The number of aromatic nitrogens is 1. The second-order valence-electron chi connectivity index (χ2n) is 7.82. The van der Waals surface area contributed by atoms with Gasteiger partial charge in [-0.3, -0.25) is 4.79 Å². The van der Waals surface area contributed by atoms with Crippen LogP contribution >= 0.6 is 0 Å². The predicted octanol–water partition coefficient (Wildman–Crippen LogP) is 4.82. The molecule has 0 radical (unpaired) electrons. The van der Waals surface area contributed by atoms with Gasteiger partial charge in [-0.2, -0.15) is 5.10 Å². The summed E-state index contributed by atoms with van der Waals surface area (Å²) in [5, 5.41) is 4.12. The van der Waals surface area contributed by atoms with Crippen molar-refractivity contribution in [2.24, 2.45) is 5.10 Å². The van der Waals surface area contributed by atoms with Crippen LogP contribution in [0.2, 0.25) is 0 Å². The van der Waals surface area contributed by atoms with Crippen molar-refractivity contribution < 1.29 is 19.1 Å². The van der Waals surface area contributed by atoms with Crippen LogP contribution in [0.15, 0.2) is 59.7 Å². The number of aryl methyl sites for hydroxylation is 1. The molecule has 3 aromatic rings. The van der Waals surface area contributed by atoms with Gasteiger partial charge in [-0.05, 0) is 83.1 Å². The van der Waals surface area contributed by atoms with E-state index < -0.39 is 0 Å². The Balaban J connectivity index is 1.75. The van der Waals surface area contributed by atoms with E-state index in [0.717, 1.165) is 22.6 Å². The molecule has 33 heavy (non-hydrogen) atoms. The van der Waals surface area contributed by atoms with Crippen molar-refractivity contribution in [3.63, 3.8) is 0 Å². The first-order chi connectivity index (χ1) is 15.8. The van der Waals surface area contributed by atoms with Crippen molar-refractivity contribution in [3.05, 3.63) is 82.7 Å². The molecule has 2 aromatic carbocycles. The van der Waals surface area contributed by atoms with E-state index in [1.165, 1.54) is 0 Å². The molecule has 0 bridgehead atoms. The molecule has 0 aliphatic heterocycles. The Kier molecular flexibility index (Phi) is 7.66. The molecule has 1 aromatic heterocycles. The van der Waals surface area contributed by atoms with E-state index in [-0.39, 0.29) is 18.0 Å². The Morgan fingerprint density at radius 1 is 1.06 bits per heavy atom. The van der Waals surface area contributed by atoms with Crippen LogP contribution in [-0.2, 0) is 4.74 Å². The minimum Gasteiger partial charge on any atom is -0.494 e. The molecule has 7 nitrogen and oxygen atoms in total. The van der Waals surface area contributed by atoms with Gasteiger partial charge in [0.2, 0.25) is 0 Å². The largest absolute Gasteiger partial charge is 0.494 e. The molecule has 3 rings (SSSR count). The maximum atomic E-state index is 12.3. The molecular weight excluding hydrogens is 418 g/mol. The lowest BCUT2D eigenvalue weighted by molar-refractivity contribution is 0.0377. The fraction of sp³-hybridized carbons (Fsp3) is 0.269. The van der Waals surface area contributed by atoms with Gasteiger partial charge in [0.15, 0.2) is 0 Å². The first-order valence-electron chi connectivity index (χ1n) is 10.9. The number of hydrazone groups is 1. The highest BCUT2D eigenvalue weighted by molar-refractivity contribution is 5.95. The summed E-state index contributed by atoms with van der Waals surface area (Å²) in [6.45, 7) is 10.1. The lowest BCUT2D eigenvalue weighted by atomic mass is 10.2. The standard InChI is InChI=1S/C26H29N3O4/c1-6-32-24-12-10-20(11-13-24)25(30)28-27-16-22-14-18(4)29(19(22)5)23-9-7-8-21(15-23)26(31)33-17(2)3/h7-17H,6H2,1-5H3,(H,28,30)/b27-16+. The highest BCUT2D eigenvalue weighted by Gasteiger charge is 2.14. The van der Waals surface area contributed by atoms with E-state index >= 15 is 0 Å². The number of carbonyl (C=O) groups excluding carboxylic acids is 2. The Hall–Kier alpha value is -3.87. The SMILES string of the molecule is CCOc1ccc(C(=O)N/N=C/c2cc(C)n(-c3cccc(C(=O)OC(C)C)c3)c2C)cc1. The molecule has 1 amide bonds. The fourth-order valence-electron chi connectivity index (χ4n) is 3.46. The van der Waals surface area contributed by atoms with E-state index in [4.69, 9.17) is 9.47 Å². The van der Waals surface area contributed by atoms with E-state index in [2.05, 4.69) is 10.5 Å². The first kappa shape index (κ1) is 23.8. The molecule has 0 fully saturated rings. The normalized spacial score (nSPS) is 11.1. The van der Waals surface area contributed by atoms with Crippen molar-refractivity contribution in [1.29, 1.82) is 0 Å². The van der Waals surface area contributed by atoms with Gasteiger partial charge in [-0.25, -0.2) is 10.2 Å². The van der Waals surface area contributed by atoms with Gasteiger partial charge in [0, 0.05) is 28.2 Å². The maximum absolute atomic E-state index is 12.3. The third-order valence-electron chi connectivity index (χ3n) is 4.95. The molecule has 0 saturated heterocycles. The van der Waals surface area contributed by atoms with Crippen molar-refractivity contribution >= 4 is 18.1 Å². The molecule has 1 heterocycles. The number of nitrogens with one attached hydrogen (secondary N) is 1. The second kappa shape index (κ2) is 10.6. The Morgan fingerprint density at radius 3 is 2.45 bits per heavy atom. The van der Waals surface area contributed by atoms with Crippen molar-refractivity contribution in [3.8, 4) is 11.4 Å². The van der Waals surface area contributed by atoms with Gasteiger partial charge in [-0.15, -0.1) is 0 Å². The monoisotopic (exact) mass is 447 g/mol. The number of ether oxygens (including phenoxy) is 2. The molecule has 0 spiro atoms. The van der Waals surface area contributed by atoms with Gasteiger partial charge < -0.3 is 14.0 Å². The second-order valence-corrected chi connectivity index (χ2v) is 7.82. The molecule has 7 heteroatoms. The molecule has 1 N–H and O–H groups in total. The molecular formula is C26H29N3O4. The van der Waals surface area contributed by atoms with Gasteiger partial charge in [0.1, 0.15) is 5.75 Å². The van der Waals surface area contributed by atoms with Crippen LogP contribution in [-0.4, -0.2) is 35.4 Å². The number of rotatable bonds is 8. The number of carbonyl (C=O) groups is 2. The number of benzene rings is 2. The summed E-state index contributed by atoms with van der Waals surface area (Å²) in [4.78, 5) is 24.6. The molecule has 0 aliphatic rings. The lowest BCUT2D eigenvalue weighted by Crippen LogP contribution is -2.17. The van der Waals surface area contributed by atoms with Gasteiger partial charge in [0.05, 0.1) is 24.5 Å². The predicted molar refractivity (Wildman–Crippen MR) is 128 cm³/mol. The zero-order chi connectivity index (χ0) is 24.0.